The van der Waals surface area contributed by atoms with E-state index in [1.54, 1.807) is 27.7 Å². The van der Waals surface area contributed by atoms with Crippen LogP contribution in [0.2, 0.25) is 5.02 Å². The first-order valence-corrected chi connectivity index (χ1v) is 6.58. The molecule has 0 radical (unpaired) electrons. The van der Waals surface area contributed by atoms with E-state index >= 15 is 0 Å². The molecule has 0 aliphatic heterocycles. The number of hydrogen-bond donors (Lipinski definition) is 2. The summed E-state index contributed by atoms with van der Waals surface area (Å²) in [4.78, 5) is 11.8. The number of rotatable bonds is 4. The van der Waals surface area contributed by atoms with Crippen molar-refractivity contribution in [1.82, 2.24) is 5.32 Å². The number of amides is 1. The summed E-state index contributed by atoms with van der Waals surface area (Å²) in [6, 6.07) is 4.19. The van der Waals surface area contributed by atoms with E-state index < -0.39 is 17.0 Å². The molecule has 1 aromatic rings. The molecule has 0 saturated carbocycles. The fourth-order valence-electron chi connectivity index (χ4n) is 1.29. The summed E-state index contributed by atoms with van der Waals surface area (Å²) in [7, 11) is 0. The van der Waals surface area contributed by atoms with E-state index in [4.69, 9.17) is 11.6 Å². The fourth-order valence-corrected chi connectivity index (χ4v) is 1.48. The Balaban J connectivity index is 2.76. The van der Waals surface area contributed by atoms with Gasteiger partial charge in [-0.15, -0.1) is 0 Å². The second-order valence-corrected chi connectivity index (χ2v) is 6.09. The van der Waals surface area contributed by atoms with Crippen molar-refractivity contribution in [3.63, 3.8) is 0 Å². The lowest BCUT2D eigenvalue weighted by Gasteiger charge is -2.37. The lowest BCUT2D eigenvalue weighted by molar-refractivity contribution is -0.121. The molecular weight excluding hydrogens is 281 g/mol. The monoisotopic (exact) mass is 299 g/mol. The first-order valence-electron chi connectivity index (χ1n) is 6.20. The summed E-state index contributed by atoms with van der Waals surface area (Å²) in [5.74, 6) is -0.853. The molecule has 0 heterocycles. The maximum atomic E-state index is 13.0. The molecule has 5 heteroatoms. The van der Waals surface area contributed by atoms with Crippen LogP contribution in [0.5, 0.6) is 0 Å². The van der Waals surface area contributed by atoms with Crippen molar-refractivity contribution >= 4 is 23.6 Å². The van der Waals surface area contributed by atoms with E-state index in [0.29, 0.717) is 5.56 Å². The van der Waals surface area contributed by atoms with Crippen LogP contribution in [-0.2, 0) is 4.79 Å². The van der Waals surface area contributed by atoms with Crippen LogP contribution in [0.1, 0.15) is 33.3 Å². The second kappa shape index (κ2) is 5.94. The molecule has 0 bridgehead atoms. The van der Waals surface area contributed by atoms with Crippen molar-refractivity contribution < 1.29 is 14.3 Å². The van der Waals surface area contributed by atoms with Crippen LogP contribution in [0.15, 0.2) is 24.3 Å². The summed E-state index contributed by atoms with van der Waals surface area (Å²) in [6.45, 7) is 6.70. The van der Waals surface area contributed by atoms with Crippen LogP contribution in [0.4, 0.5) is 4.39 Å². The summed E-state index contributed by atoms with van der Waals surface area (Å²) in [6.07, 6.45) is 2.85. The molecule has 110 valence electrons. The van der Waals surface area contributed by atoms with Gasteiger partial charge in [-0.05, 0) is 51.5 Å². The normalized spacial score (nSPS) is 12.8. The number of aliphatic hydroxyl groups is 1. The van der Waals surface area contributed by atoms with Crippen LogP contribution in [0.3, 0.4) is 0 Å². The van der Waals surface area contributed by atoms with Gasteiger partial charge < -0.3 is 10.4 Å². The standard InChI is InChI=1S/C15H19ClFNO2/c1-14(2,15(3,4)20)18-13(19)8-6-10-5-7-12(17)11(16)9-10/h5-9,20H,1-4H3,(H,18,19)/b8-6+. The largest absolute Gasteiger partial charge is 0.388 e. The van der Waals surface area contributed by atoms with Gasteiger partial charge in [0, 0.05) is 6.08 Å². The minimum Gasteiger partial charge on any atom is -0.388 e. The zero-order valence-electron chi connectivity index (χ0n) is 12.0. The zero-order valence-corrected chi connectivity index (χ0v) is 12.8. The third kappa shape index (κ3) is 4.32. The van der Waals surface area contributed by atoms with E-state index in [0.717, 1.165) is 0 Å². The summed E-state index contributed by atoms with van der Waals surface area (Å²) in [5.41, 5.74) is -1.22. The molecule has 0 saturated heterocycles. The number of halogens is 2. The Kier molecular flexibility index (Phi) is 4.95. The Labute approximate surface area is 123 Å². The third-order valence-electron chi connectivity index (χ3n) is 3.34. The summed E-state index contributed by atoms with van der Waals surface area (Å²) in [5, 5.41) is 12.7. The predicted molar refractivity (Wildman–Crippen MR) is 79.0 cm³/mol. The SMILES string of the molecule is CC(C)(O)C(C)(C)NC(=O)/C=C/c1ccc(F)c(Cl)c1. The summed E-state index contributed by atoms with van der Waals surface area (Å²) >= 11 is 5.65. The highest BCUT2D eigenvalue weighted by molar-refractivity contribution is 6.30. The smallest absolute Gasteiger partial charge is 0.244 e. The molecule has 0 aliphatic carbocycles. The number of nitrogens with one attached hydrogen (secondary N) is 1. The lowest BCUT2D eigenvalue weighted by Crippen LogP contribution is -2.57. The number of carbonyl (C=O) groups excluding carboxylic acids is 1. The molecule has 3 nitrogen and oxygen atoms in total. The average Bonchev–Trinajstić information content (AvgIpc) is 2.28. The molecule has 0 fully saturated rings. The second-order valence-electron chi connectivity index (χ2n) is 5.68. The first kappa shape index (κ1) is 16.7. The molecule has 0 aromatic heterocycles. The molecule has 20 heavy (non-hydrogen) atoms. The zero-order chi connectivity index (χ0) is 15.6. The molecule has 0 unspecified atom stereocenters. The molecule has 1 rings (SSSR count). The van der Waals surface area contributed by atoms with E-state index in [1.807, 2.05) is 0 Å². The molecule has 0 atom stereocenters. The Bertz CT molecular complexity index is 533. The van der Waals surface area contributed by atoms with E-state index in [2.05, 4.69) is 5.32 Å². The Hall–Kier alpha value is -1.39. The molecule has 2 N–H and O–H groups in total. The van der Waals surface area contributed by atoms with Crippen LogP contribution in [-0.4, -0.2) is 22.2 Å². The third-order valence-corrected chi connectivity index (χ3v) is 3.63. The maximum Gasteiger partial charge on any atom is 0.244 e. The van der Waals surface area contributed by atoms with Gasteiger partial charge in [-0.1, -0.05) is 17.7 Å². The van der Waals surface area contributed by atoms with Crippen molar-refractivity contribution in [2.75, 3.05) is 0 Å². The molecule has 0 aliphatic rings. The molecule has 1 amide bonds. The highest BCUT2D eigenvalue weighted by Gasteiger charge is 2.35. The Morgan fingerprint density at radius 3 is 2.45 bits per heavy atom. The maximum absolute atomic E-state index is 13.0. The molecule has 0 spiro atoms. The first-order chi connectivity index (χ1) is 9.03. The van der Waals surface area contributed by atoms with Crippen molar-refractivity contribution in [2.24, 2.45) is 0 Å². The number of carbonyl (C=O) groups is 1. The van der Waals surface area contributed by atoms with Crippen molar-refractivity contribution in [2.45, 2.75) is 38.8 Å². The Morgan fingerprint density at radius 1 is 1.35 bits per heavy atom. The highest BCUT2D eigenvalue weighted by Crippen LogP contribution is 2.20. The van der Waals surface area contributed by atoms with Crippen molar-refractivity contribution in [3.05, 3.63) is 40.7 Å². The fraction of sp³-hybridized carbons (Fsp3) is 0.400. The molecule has 1 aromatic carbocycles. The van der Waals surface area contributed by atoms with E-state index in [1.165, 1.54) is 30.4 Å². The van der Waals surface area contributed by atoms with Crippen LogP contribution >= 0.6 is 11.6 Å². The molecular formula is C15H19ClFNO2. The van der Waals surface area contributed by atoms with Gasteiger partial charge in [0.15, 0.2) is 0 Å². The van der Waals surface area contributed by atoms with Gasteiger partial charge in [-0.2, -0.15) is 0 Å². The van der Waals surface area contributed by atoms with Gasteiger partial charge in [0.2, 0.25) is 5.91 Å². The number of hydrogen-bond acceptors (Lipinski definition) is 2. The Morgan fingerprint density at radius 2 is 1.95 bits per heavy atom. The minimum absolute atomic E-state index is 0.00406. The van der Waals surface area contributed by atoms with Crippen LogP contribution < -0.4 is 5.32 Å². The predicted octanol–water partition coefficient (Wildman–Crippen LogP) is 3.16. The topological polar surface area (TPSA) is 49.3 Å². The van der Waals surface area contributed by atoms with Crippen molar-refractivity contribution in [1.29, 1.82) is 0 Å². The van der Waals surface area contributed by atoms with Gasteiger partial charge in [-0.3, -0.25) is 4.79 Å². The minimum atomic E-state index is -1.06. The van der Waals surface area contributed by atoms with Gasteiger partial charge in [0.1, 0.15) is 5.82 Å². The van der Waals surface area contributed by atoms with E-state index in [9.17, 15) is 14.3 Å². The quantitative estimate of drug-likeness (QED) is 0.839. The lowest BCUT2D eigenvalue weighted by atomic mass is 9.86. The van der Waals surface area contributed by atoms with Gasteiger partial charge in [0.05, 0.1) is 16.2 Å². The summed E-state index contributed by atoms with van der Waals surface area (Å²) < 4.78 is 13.0. The van der Waals surface area contributed by atoms with Crippen LogP contribution in [0, 0.1) is 5.82 Å². The van der Waals surface area contributed by atoms with Gasteiger partial charge >= 0.3 is 0 Å². The van der Waals surface area contributed by atoms with Crippen molar-refractivity contribution in [3.8, 4) is 0 Å². The van der Waals surface area contributed by atoms with Gasteiger partial charge in [0.25, 0.3) is 0 Å². The van der Waals surface area contributed by atoms with Gasteiger partial charge in [-0.25, -0.2) is 4.39 Å². The number of benzene rings is 1. The average molecular weight is 300 g/mol. The highest BCUT2D eigenvalue weighted by atomic mass is 35.5. The van der Waals surface area contributed by atoms with Crippen LogP contribution in [0.25, 0.3) is 6.08 Å². The van der Waals surface area contributed by atoms with E-state index in [-0.39, 0.29) is 10.9 Å².